The Kier molecular flexibility index (Phi) is 6.39. The van der Waals surface area contributed by atoms with Crippen molar-refractivity contribution >= 4 is 50.3 Å². The molecule has 0 unspecified atom stereocenters. The fraction of sp³-hybridized carbons (Fsp3) is 0.286. The lowest BCUT2D eigenvalue weighted by Gasteiger charge is -2.27. The molecule has 7 nitrogen and oxygen atoms in total. The lowest BCUT2D eigenvalue weighted by Crippen LogP contribution is -2.51. The first-order chi connectivity index (χ1) is 14.6. The molecule has 3 aromatic rings. The predicted octanol–water partition coefficient (Wildman–Crippen LogP) is 3.31. The molecule has 2 atom stereocenters. The van der Waals surface area contributed by atoms with Gasteiger partial charge in [0.15, 0.2) is 16.6 Å². The van der Waals surface area contributed by atoms with E-state index in [-0.39, 0.29) is 18.4 Å². The third-order valence-corrected chi connectivity index (χ3v) is 6.16. The number of nitrogens with zero attached hydrogens (tertiary/aromatic N) is 1. The number of hydrogen-bond acceptors (Lipinski definition) is 7. The van der Waals surface area contributed by atoms with Crippen LogP contribution in [-0.2, 0) is 9.59 Å². The minimum Gasteiger partial charge on any atom is -0.485 e. The van der Waals surface area contributed by atoms with E-state index in [0.717, 1.165) is 16.0 Å². The number of hydrogen-bond donors (Lipinski definition) is 2. The number of para-hydroxylation sites is 3. The maximum atomic E-state index is 12.9. The quantitative estimate of drug-likeness (QED) is 0.582. The maximum Gasteiger partial charge on any atom is 0.265 e. The van der Waals surface area contributed by atoms with Crippen molar-refractivity contribution in [2.45, 2.75) is 18.6 Å². The van der Waals surface area contributed by atoms with Gasteiger partial charge < -0.3 is 20.1 Å². The highest BCUT2D eigenvalue weighted by atomic mass is 32.2. The second-order valence-electron chi connectivity index (χ2n) is 6.68. The standard InChI is InChI=1S/C21H21N3O4S2/c1-29-11-10-14(19(25)24-21-23-13-6-2-5-9-18(13)30-21)22-20(26)17-12-27-15-7-3-4-8-16(15)28-17/h2-9,14,17H,10-12H2,1H3,(H,22,26)(H,23,24,25)/t14-,17-/m0/s1. The largest absolute Gasteiger partial charge is 0.485 e. The Morgan fingerprint density at radius 3 is 2.77 bits per heavy atom. The van der Waals surface area contributed by atoms with Crippen molar-refractivity contribution in [1.29, 1.82) is 0 Å². The molecule has 156 valence electrons. The van der Waals surface area contributed by atoms with E-state index in [9.17, 15) is 9.59 Å². The van der Waals surface area contributed by atoms with Gasteiger partial charge in [-0.25, -0.2) is 4.98 Å². The van der Waals surface area contributed by atoms with Crippen molar-refractivity contribution < 1.29 is 19.1 Å². The molecule has 0 saturated heterocycles. The van der Waals surface area contributed by atoms with Gasteiger partial charge in [-0.2, -0.15) is 11.8 Å². The predicted molar refractivity (Wildman–Crippen MR) is 120 cm³/mol. The smallest absolute Gasteiger partial charge is 0.265 e. The molecule has 4 rings (SSSR count). The third-order valence-electron chi connectivity index (χ3n) is 4.57. The van der Waals surface area contributed by atoms with Crippen LogP contribution in [0.3, 0.4) is 0 Å². The summed E-state index contributed by atoms with van der Waals surface area (Å²) in [7, 11) is 0. The first kappa shape index (κ1) is 20.5. The molecule has 0 saturated carbocycles. The minimum atomic E-state index is -0.813. The Bertz CT molecular complexity index is 1020. The highest BCUT2D eigenvalue weighted by Gasteiger charge is 2.31. The Morgan fingerprint density at radius 1 is 1.20 bits per heavy atom. The summed E-state index contributed by atoms with van der Waals surface area (Å²) in [5.41, 5.74) is 0.828. The van der Waals surface area contributed by atoms with Crippen LogP contribution in [0, 0.1) is 0 Å². The average Bonchev–Trinajstić information content (AvgIpc) is 3.18. The molecule has 0 spiro atoms. The lowest BCUT2D eigenvalue weighted by molar-refractivity contribution is -0.133. The van der Waals surface area contributed by atoms with Crippen molar-refractivity contribution in [3.05, 3.63) is 48.5 Å². The van der Waals surface area contributed by atoms with Crippen molar-refractivity contribution in [2.24, 2.45) is 0 Å². The third kappa shape index (κ3) is 4.68. The summed E-state index contributed by atoms with van der Waals surface area (Å²) in [6, 6.07) is 14.2. The molecule has 2 heterocycles. The van der Waals surface area contributed by atoms with Gasteiger partial charge in [-0.05, 0) is 42.7 Å². The number of ether oxygens (including phenoxy) is 2. The zero-order chi connectivity index (χ0) is 20.9. The summed E-state index contributed by atoms with van der Waals surface area (Å²) in [4.78, 5) is 30.1. The van der Waals surface area contributed by atoms with Gasteiger partial charge in [0.2, 0.25) is 12.0 Å². The van der Waals surface area contributed by atoms with Gasteiger partial charge in [-0.1, -0.05) is 35.6 Å². The minimum absolute atomic E-state index is 0.0948. The normalized spacial score (nSPS) is 16.1. The van der Waals surface area contributed by atoms with Crippen LogP contribution in [0.5, 0.6) is 11.5 Å². The van der Waals surface area contributed by atoms with Gasteiger partial charge in [-0.15, -0.1) is 0 Å². The lowest BCUT2D eigenvalue weighted by atomic mass is 10.2. The van der Waals surface area contributed by atoms with E-state index in [1.165, 1.54) is 11.3 Å². The molecule has 2 amide bonds. The summed E-state index contributed by atoms with van der Waals surface area (Å²) in [6.45, 7) is 0.0948. The van der Waals surface area contributed by atoms with E-state index in [2.05, 4.69) is 15.6 Å². The summed E-state index contributed by atoms with van der Waals surface area (Å²) >= 11 is 3.01. The zero-order valence-corrected chi connectivity index (χ0v) is 17.9. The zero-order valence-electron chi connectivity index (χ0n) is 16.3. The number of carbonyl (C=O) groups excluding carboxylic acids is 2. The number of thiazole rings is 1. The Labute approximate surface area is 182 Å². The molecule has 2 aromatic carbocycles. The number of thioether (sulfide) groups is 1. The molecule has 9 heteroatoms. The van der Waals surface area contributed by atoms with E-state index in [4.69, 9.17) is 9.47 Å². The highest BCUT2D eigenvalue weighted by molar-refractivity contribution is 7.98. The van der Waals surface area contributed by atoms with E-state index in [0.29, 0.717) is 23.1 Å². The van der Waals surface area contributed by atoms with E-state index < -0.39 is 12.1 Å². The fourth-order valence-electron chi connectivity index (χ4n) is 3.04. The highest BCUT2D eigenvalue weighted by Crippen LogP contribution is 2.31. The molecule has 0 aliphatic carbocycles. The number of carbonyl (C=O) groups is 2. The molecule has 1 aliphatic rings. The van der Waals surface area contributed by atoms with Crippen LogP contribution in [0.4, 0.5) is 5.13 Å². The summed E-state index contributed by atoms with van der Waals surface area (Å²) in [5, 5.41) is 6.16. The van der Waals surface area contributed by atoms with Gasteiger partial charge >= 0.3 is 0 Å². The molecule has 2 N–H and O–H groups in total. The summed E-state index contributed by atoms with van der Waals surface area (Å²) < 4.78 is 12.4. The van der Waals surface area contributed by atoms with Gasteiger partial charge in [-0.3, -0.25) is 9.59 Å². The van der Waals surface area contributed by atoms with Gasteiger partial charge in [0.05, 0.1) is 10.2 Å². The number of fused-ring (bicyclic) bond motifs is 2. The van der Waals surface area contributed by atoms with E-state index in [1.54, 1.807) is 23.9 Å². The monoisotopic (exact) mass is 443 g/mol. The number of benzene rings is 2. The fourth-order valence-corrected chi connectivity index (χ4v) is 4.38. The van der Waals surface area contributed by atoms with Crippen molar-refractivity contribution in [3.63, 3.8) is 0 Å². The average molecular weight is 444 g/mol. The molecule has 0 bridgehead atoms. The van der Waals surface area contributed by atoms with Gasteiger partial charge in [0, 0.05) is 0 Å². The van der Waals surface area contributed by atoms with Crippen LogP contribution < -0.4 is 20.1 Å². The van der Waals surface area contributed by atoms with Crippen LogP contribution >= 0.6 is 23.1 Å². The summed E-state index contributed by atoms with van der Waals surface area (Å²) in [6.07, 6.45) is 1.64. The molecular formula is C21H21N3O4S2. The first-order valence-corrected chi connectivity index (χ1v) is 11.7. The molecule has 1 aromatic heterocycles. The van der Waals surface area contributed by atoms with Crippen molar-refractivity contribution in [3.8, 4) is 11.5 Å². The van der Waals surface area contributed by atoms with Crippen molar-refractivity contribution in [2.75, 3.05) is 23.9 Å². The Balaban J connectivity index is 1.42. The SMILES string of the molecule is CSCC[C@H](NC(=O)[C@@H]1COc2ccccc2O1)C(=O)Nc1nc2ccccc2s1. The van der Waals surface area contributed by atoms with Crippen LogP contribution in [0.2, 0.25) is 0 Å². The topological polar surface area (TPSA) is 89.5 Å². The Morgan fingerprint density at radius 2 is 1.97 bits per heavy atom. The van der Waals surface area contributed by atoms with Crippen molar-refractivity contribution in [1.82, 2.24) is 10.3 Å². The molecule has 1 aliphatic heterocycles. The number of anilines is 1. The van der Waals surface area contributed by atoms with Crippen LogP contribution in [-0.4, -0.2) is 47.6 Å². The first-order valence-electron chi connectivity index (χ1n) is 9.48. The maximum absolute atomic E-state index is 12.9. The number of rotatable bonds is 7. The number of amides is 2. The Hall–Kier alpha value is -2.78. The van der Waals surface area contributed by atoms with E-state index in [1.807, 2.05) is 42.7 Å². The van der Waals surface area contributed by atoms with Crippen LogP contribution in [0.1, 0.15) is 6.42 Å². The second kappa shape index (κ2) is 9.36. The molecular weight excluding hydrogens is 422 g/mol. The van der Waals surface area contributed by atoms with Crippen LogP contribution in [0.15, 0.2) is 48.5 Å². The van der Waals surface area contributed by atoms with Gasteiger partial charge in [0.25, 0.3) is 5.91 Å². The van der Waals surface area contributed by atoms with Crippen LogP contribution in [0.25, 0.3) is 10.2 Å². The molecule has 30 heavy (non-hydrogen) atoms. The second-order valence-corrected chi connectivity index (χ2v) is 8.70. The number of nitrogens with one attached hydrogen (secondary N) is 2. The van der Waals surface area contributed by atoms with Gasteiger partial charge in [0.1, 0.15) is 12.6 Å². The summed E-state index contributed by atoms with van der Waals surface area (Å²) in [5.74, 6) is 1.17. The van der Waals surface area contributed by atoms with E-state index >= 15 is 0 Å². The molecule has 0 radical (unpaired) electrons. The molecule has 0 fully saturated rings. The number of aromatic nitrogens is 1.